The molecule has 8 nitrogen and oxygen atoms in total. The maximum absolute atomic E-state index is 11.1. The predicted octanol–water partition coefficient (Wildman–Crippen LogP) is 3.82. The fourth-order valence-electron chi connectivity index (χ4n) is 2.35. The third-order valence-corrected chi connectivity index (χ3v) is 4.99. The zero-order chi connectivity index (χ0) is 22.5. The highest BCUT2D eigenvalue weighted by atomic mass is 16.5. The highest BCUT2D eigenvalue weighted by Crippen LogP contribution is 2.38. The first-order chi connectivity index (χ1) is 12.8. The zero-order valence-corrected chi connectivity index (χ0v) is 17.9. The van der Waals surface area contributed by atoms with E-state index in [-0.39, 0.29) is 0 Å². The summed E-state index contributed by atoms with van der Waals surface area (Å²) < 4.78 is 4.45. The summed E-state index contributed by atoms with van der Waals surface area (Å²) in [5, 5.41) is 26.3. The molecule has 0 amide bonds. The number of methoxy groups -OCH3 is 1. The number of rotatable bonds is 11. The predicted molar refractivity (Wildman–Crippen MR) is 104 cm³/mol. The number of unbranched alkanes of at least 4 members (excludes halogenated alkanes) is 5. The number of esters is 1. The second-order valence-corrected chi connectivity index (χ2v) is 7.96. The molecule has 0 fully saturated rings. The van der Waals surface area contributed by atoms with Gasteiger partial charge in [-0.3, -0.25) is 19.2 Å². The molecule has 0 aliphatic heterocycles. The number of hydrogen-bond donors (Lipinski definition) is 3. The molecule has 0 aliphatic rings. The first kappa shape index (κ1) is 28.1. The lowest BCUT2D eigenvalue weighted by atomic mass is 9.68. The van der Waals surface area contributed by atoms with Crippen LogP contribution in [0.25, 0.3) is 0 Å². The molecule has 0 saturated carbocycles. The normalized spacial score (nSPS) is 12.4. The molecule has 0 aliphatic carbocycles. The van der Waals surface area contributed by atoms with Crippen LogP contribution < -0.4 is 0 Å². The van der Waals surface area contributed by atoms with Gasteiger partial charge >= 0.3 is 23.9 Å². The summed E-state index contributed by atoms with van der Waals surface area (Å²) in [6.45, 7) is 8.15. The van der Waals surface area contributed by atoms with Gasteiger partial charge in [0.2, 0.25) is 0 Å². The van der Waals surface area contributed by atoms with E-state index in [1.165, 1.54) is 33.3 Å². The number of hydrogen-bond acceptors (Lipinski definition) is 5. The van der Waals surface area contributed by atoms with Gasteiger partial charge < -0.3 is 20.1 Å². The summed E-state index contributed by atoms with van der Waals surface area (Å²) in [4.78, 5) is 43.3. The Morgan fingerprint density at radius 3 is 1.54 bits per heavy atom. The molecule has 0 spiro atoms. The molecule has 1 atom stereocenters. The second-order valence-electron chi connectivity index (χ2n) is 7.96. The van der Waals surface area contributed by atoms with Gasteiger partial charge in [-0.15, -0.1) is 0 Å². The first-order valence-corrected chi connectivity index (χ1v) is 9.54. The quantitative estimate of drug-likeness (QED) is 0.268. The molecule has 0 rings (SSSR count). The number of carbonyl (C=O) groups excluding carboxylic acids is 1. The maximum Gasteiger partial charge on any atom is 0.321 e. The van der Waals surface area contributed by atoms with E-state index in [2.05, 4.69) is 11.7 Å². The Labute approximate surface area is 167 Å². The molecule has 0 aromatic heterocycles. The molecule has 0 radical (unpaired) electrons. The summed E-state index contributed by atoms with van der Waals surface area (Å²) in [5.74, 6) is -5.32. The first-order valence-electron chi connectivity index (χ1n) is 9.54. The Balaban J connectivity index is 0. The van der Waals surface area contributed by atoms with Gasteiger partial charge in [0.15, 0.2) is 11.3 Å². The van der Waals surface area contributed by atoms with Crippen LogP contribution in [0.1, 0.15) is 79.6 Å². The van der Waals surface area contributed by atoms with E-state index < -0.39 is 40.6 Å². The van der Waals surface area contributed by atoms with Crippen molar-refractivity contribution in [1.29, 1.82) is 0 Å². The molecule has 8 heteroatoms. The highest BCUT2D eigenvalue weighted by molar-refractivity contribution is 5.98. The van der Waals surface area contributed by atoms with Crippen LogP contribution >= 0.6 is 0 Å². The van der Waals surface area contributed by atoms with Gasteiger partial charge in [-0.05, 0) is 18.8 Å². The summed E-state index contributed by atoms with van der Waals surface area (Å²) in [7, 11) is 1.22. The van der Waals surface area contributed by atoms with E-state index in [9.17, 15) is 19.2 Å². The minimum absolute atomic E-state index is 0.383. The Kier molecular flexibility index (Phi) is 13.2. The molecular formula is C20H36O8. The topological polar surface area (TPSA) is 138 Å². The van der Waals surface area contributed by atoms with Gasteiger partial charge in [0.1, 0.15) is 0 Å². The van der Waals surface area contributed by atoms with Crippen LogP contribution in [0.4, 0.5) is 0 Å². The molecule has 0 heterocycles. The largest absolute Gasteiger partial charge is 0.481 e. The van der Waals surface area contributed by atoms with Crippen LogP contribution in [-0.4, -0.2) is 46.3 Å². The number of carboxylic acids is 3. The third kappa shape index (κ3) is 9.19. The van der Waals surface area contributed by atoms with Crippen molar-refractivity contribution in [2.75, 3.05) is 7.11 Å². The van der Waals surface area contributed by atoms with Gasteiger partial charge in [0.05, 0.1) is 7.11 Å². The van der Waals surface area contributed by atoms with Crippen molar-refractivity contribution in [2.45, 2.75) is 79.6 Å². The average molecular weight is 405 g/mol. The molecule has 3 N–H and O–H groups in total. The van der Waals surface area contributed by atoms with Crippen LogP contribution in [0.3, 0.4) is 0 Å². The molecule has 0 aromatic rings. The van der Waals surface area contributed by atoms with Crippen LogP contribution in [0.5, 0.6) is 0 Å². The molecule has 28 heavy (non-hydrogen) atoms. The van der Waals surface area contributed by atoms with E-state index in [4.69, 9.17) is 15.3 Å². The van der Waals surface area contributed by atoms with E-state index in [1.54, 1.807) is 20.8 Å². The fraction of sp³-hybridized carbons (Fsp3) is 0.800. The van der Waals surface area contributed by atoms with Crippen molar-refractivity contribution in [1.82, 2.24) is 0 Å². The number of carboxylic acid groups (broad SMARTS) is 3. The Morgan fingerprint density at radius 2 is 1.25 bits per heavy atom. The van der Waals surface area contributed by atoms with E-state index in [0.29, 0.717) is 6.42 Å². The zero-order valence-electron chi connectivity index (χ0n) is 17.9. The number of aliphatic carboxylic acids is 3. The molecule has 0 saturated heterocycles. The van der Waals surface area contributed by atoms with E-state index in [0.717, 1.165) is 19.3 Å². The van der Waals surface area contributed by atoms with Gasteiger partial charge in [0.25, 0.3) is 0 Å². The van der Waals surface area contributed by atoms with E-state index in [1.807, 2.05) is 0 Å². The van der Waals surface area contributed by atoms with Crippen molar-refractivity contribution in [3.05, 3.63) is 0 Å². The third-order valence-electron chi connectivity index (χ3n) is 4.99. The van der Waals surface area contributed by atoms with Crippen molar-refractivity contribution >= 4 is 23.9 Å². The number of ether oxygens (including phenoxy) is 1. The van der Waals surface area contributed by atoms with Crippen molar-refractivity contribution in [3.63, 3.8) is 0 Å². The molecule has 1 unspecified atom stereocenters. The van der Waals surface area contributed by atoms with Gasteiger partial charge in [-0.2, -0.15) is 0 Å². The van der Waals surface area contributed by atoms with Crippen LogP contribution in [0, 0.1) is 16.7 Å². The lowest BCUT2D eigenvalue weighted by Crippen LogP contribution is -2.46. The molecular weight excluding hydrogens is 368 g/mol. The minimum Gasteiger partial charge on any atom is -0.481 e. The van der Waals surface area contributed by atoms with Crippen molar-refractivity contribution in [3.8, 4) is 0 Å². The van der Waals surface area contributed by atoms with Gasteiger partial charge in [0, 0.05) is 0 Å². The van der Waals surface area contributed by atoms with E-state index >= 15 is 0 Å². The molecule has 0 aromatic carbocycles. The van der Waals surface area contributed by atoms with Crippen molar-refractivity contribution in [2.24, 2.45) is 16.7 Å². The summed E-state index contributed by atoms with van der Waals surface area (Å²) in [5.41, 5.74) is -2.53. The number of carbonyl (C=O) groups is 4. The standard InChI is InChI=1S/C12H22O4.C8H14O4/c1-3-4-5-6-7-8-9-10(11(13)14)12(15)16-2;1-7(2,3)8(4,5(9)10)6(11)12/h10H,3-9H2,1-2H3,(H,13,14);1-4H3,(H,9,10)(H,11,12). The summed E-state index contributed by atoms with van der Waals surface area (Å²) >= 11 is 0. The Bertz CT molecular complexity index is 505. The highest BCUT2D eigenvalue weighted by Gasteiger charge is 2.51. The minimum atomic E-state index is -1.73. The monoisotopic (exact) mass is 404 g/mol. The second kappa shape index (κ2) is 13.1. The van der Waals surface area contributed by atoms with Crippen molar-refractivity contribution < 1.29 is 39.2 Å². The molecule has 0 bridgehead atoms. The fourth-order valence-corrected chi connectivity index (χ4v) is 2.35. The SMILES string of the molecule is CC(C)(C)C(C)(C(=O)O)C(=O)O.CCCCCCCCC(C(=O)O)C(=O)OC. The average Bonchev–Trinajstić information content (AvgIpc) is 2.58. The van der Waals surface area contributed by atoms with Crippen LogP contribution in [0.15, 0.2) is 0 Å². The Morgan fingerprint density at radius 1 is 0.821 bits per heavy atom. The van der Waals surface area contributed by atoms with Gasteiger partial charge in [-0.1, -0.05) is 66.2 Å². The lowest BCUT2D eigenvalue weighted by molar-refractivity contribution is -0.171. The van der Waals surface area contributed by atoms with Gasteiger partial charge in [-0.25, -0.2) is 0 Å². The maximum atomic E-state index is 11.1. The van der Waals surface area contributed by atoms with Crippen LogP contribution in [-0.2, 0) is 23.9 Å². The summed E-state index contributed by atoms with van der Waals surface area (Å²) in [6, 6.07) is 0. The van der Waals surface area contributed by atoms with Crippen LogP contribution in [0.2, 0.25) is 0 Å². The lowest BCUT2D eigenvalue weighted by Gasteiger charge is -2.33. The summed E-state index contributed by atoms with van der Waals surface area (Å²) in [6.07, 6.45) is 6.86. The molecule has 164 valence electrons. The smallest absolute Gasteiger partial charge is 0.321 e. The Hall–Kier alpha value is -2.12.